The Balaban J connectivity index is 2.17. The molecule has 2 rings (SSSR count). The second kappa shape index (κ2) is 8.88. The predicted molar refractivity (Wildman–Crippen MR) is 102 cm³/mol. The van der Waals surface area contributed by atoms with Gasteiger partial charge in [-0.15, -0.1) is 0 Å². The quantitative estimate of drug-likeness (QED) is 0.693. The molecule has 0 fully saturated rings. The Kier molecular flexibility index (Phi) is 6.80. The van der Waals surface area contributed by atoms with E-state index in [-0.39, 0.29) is 23.1 Å². The van der Waals surface area contributed by atoms with Crippen molar-refractivity contribution in [2.45, 2.75) is 20.0 Å². The zero-order valence-electron chi connectivity index (χ0n) is 15.8. The first-order chi connectivity index (χ1) is 13.1. The van der Waals surface area contributed by atoms with Gasteiger partial charge in [-0.3, -0.25) is 9.59 Å². The highest BCUT2D eigenvalue weighted by Gasteiger charge is 2.30. The van der Waals surface area contributed by atoms with E-state index in [2.05, 4.69) is 16.0 Å². The fourth-order valence-electron chi connectivity index (χ4n) is 2.53. The number of nitrogens with one attached hydrogen (secondary N) is 3. The summed E-state index contributed by atoms with van der Waals surface area (Å²) in [6, 6.07) is 9.12. The average Bonchev–Trinajstić information content (AvgIpc) is 2.63. The summed E-state index contributed by atoms with van der Waals surface area (Å²) in [4.78, 5) is 24.6. The Morgan fingerprint density at radius 3 is 2.43 bits per heavy atom. The van der Waals surface area contributed by atoms with Crippen LogP contribution < -0.4 is 16.0 Å². The molecule has 2 aromatic carbocycles. The molecule has 0 radical (unpaired) electrons. The molecule has 0 heterocycles. The molecule has 0 saturated carbocycles. The van der Waals surface area contributed by atoms with Gasteiger partial charge in [0, 0.05) is 29.4 Å². The lowest BCUT2D eigenvalue weighted by atomic mass is 10.1. The molecule has 5 nitrogen and oxygen atoms in total. The smallest absolute Gasteiger partial charge is 0.326 e. The molecule has 0 spiro atoms. The minimum Gasteiger partial charge on any atom is -0.326 e. The lowest BCUT2D eigenvalue weighted by molar-refractivity contribution is -0.137. The zero-order valence-corrected chi connectivity index (χ0v) is 15.8. The molecule has 0 aliphatic rings. The molecule has 150 valence electrons. The van der Waals surface area contributed by atoms with E-state index in [9.17, 15) is 22.8 Å². The van der Waals surface area contributed by atoms with Crippen molar-refractivity contribution in [1.29, 1.82) is 0 Å². The number of carbonyl (C=O) groups is 2. The highest BCUT2D eigenvalue weighted by atomic mass is 19.4. The third kappa shape index (κ3) is 5.56. The second-order valence-electron chi connectivity index (χ2n) is 6.51. The van der Waals surface area contributed by atoms with Crippen LogP contribution in [0.3, 0.4) is 0 Å². The van der Waals surface area contributed by atoms with Crippen LogP contribution in [0.1, 0.15) is 28.4 Å². The van der Waals surface area contributed by atoms with Gasteiger partial charge in [0.15, 0.2) is 0 Å². The van der Waals surface area contributed by atoms with E-state index in [4.69, 9.17) is 0 Å². The van der Waals surface area contributed by atoms with Crippen molar-refractivity contribution >= 4 is 23.2 Å². The van der Waals surface area contributed by atoms with Crippen LogP contribution in [-0.4, -0.2) is 25.4 Å². The number of anilines is 2. The van der Waals surface area contributed by atoms with Gasteiger partial charge in [-0.2, -0.15) is 13.2 Å². The summed E-state index contributed by atoms with van der Waals surface area (Å²) >= 11 is 0. The molecule has 2 aromatic rings. The lowest BCUT2D eigenvalue weighted by Crippen LogP contribution is -2.29. The van der Waals surface area contributed by atoms with E-state index in [1.54, 1.807) is 33.0 Å². The first kappa shape index (κ1) is 21.4. The number of hydrogen-bond donors (Lipinski definition) is 3. The van der Waals surface area contributed by atoms with Crippen LogP contribution >= 0.6 is 0 Å². The summed E-state index contributed by atoms with van der Waals surface area (Å²) in [6.45, 7) is 4.05. The molecule has 1 atom stereocenters. The Labute approximate surface area is 161 Å². The number of benzene rings is 2. The highest BCUT2D eigenvalue weighted by Crippen LogP contribution is 2.30. The molecule has 2 amide bonds. The van der Waals surface area contributed by atoms with Gasteiger partial charge < -0.3 is 16.0 Å². The van der Waals surface area contributed by atoms with Crippen LogP contribution in [0.15, 0.2) is 42.5 Å². The third-order valence-electron chi connectivity index (χ3n) is 4.16. The monoisotopic (exact) mass is 393 g/mol. The molecule has 0 aromatic heterocycles. The van der Waals surface area contributed by atoms with Gasteiger partial charge in [-0.1, -0.05) is 19.1 Å². The van der Waals surface area contributed by atoms with Gasteiger partial charge in [-0.05, 0) is 49.9 Å². The first-order valence-corrected chi connectivity index (χ1v) is 8.66. The summed E-state index contributed by atoms with van der Waals surface area (Å²) in [5.41, 5.74) is 0.652. The average molecular weight is 393 g/mol. The van der Waals surface area contributed by atoms with Crippen LogP contribution in [0.4, 0.5) is 24.5 Å². The van der Waals surface area contributed by atoms with Crippen molar-refractivity contribution in [3.63, 3.8) is 0 Å². The third-order valence-corrected chi connectivity index (χ3v) is 4.16. The Morgan fingerprint density at radius 1 is 1.07 bits per heavy atom. The first-order valence-electron chi connectivity index (χ1n) is 8.66. The molecule has 0 aliphatic heterocycles. The van der Waals surface area contributed by atoms with Crippen molar-refractivity contribution < 1.29 is 22.8 Å². The van der Waals surface area contributed by atoms with Crippen molar-refractivity contribution in [1.82, 2.24) is 5.32 Å². The molecule has 3 N–H and O–H groups in total. The summed E-state index contributed by atoms with van der Waals surface area (Å²) < 4.78 is 38.4. The maximum Gasteiger partial charge on any atom is 0.416 e. The predicted octanol–water partition coefficient (Wildman–Crippen LogP) is 4.06. The van der Waals surface area contributed by atoms with E-state index in [0.29, 0.717) is 12.2 Å². The van der Waals surface area contributed by atoms with E-state index >= 15 is 0 Å². The molecule has 8 heteroatoms. The van der Waals surface area contributed by atoms with Crippen LogP contribution in [-0.2, 0) is 11.0 Å². The van der Waals surface area contributed by atoms with E-state index in [0.717, 1.165) is 17.7 Å². The fraction of sp³-hybridized carbons (Fsp3) is 0.300. The normalized spacial score (nSPS) is 12.4. The fourth-order valence-corrected chi connectivity index (χ4v) is 2.53. The molecule has 0 aliphatic carbocycles. The summed E-state index contributed by atoms with van der Waals surface area (Å²) in [6.07, 6.45) is -4.49. The van der Waals surface area contributed by atoms with E-state index in [1.165, 1.54) is 18.2 Å². The number of amides is 2. The van der Waals surface area contributed by atoms with Gasteiger partial charge >= 0.3 is 6.18 Å². The van der Waals surface area contributed by atoms with Gasteiger partial charge in [0.05, 0.1) is 5.56 Å². The number of rotatable bonds is 6. The number of hydrogen-bond acceptors (Lipinski definition) is 3. The Hall–Kier alpha value is -2.87. The largest absolute Gasteiger partial charge is 0.416 e. The molecule has 0 bridgehead atoms. The highest BCUT2D eigenvalue weighted by molar-refractivity contribution is 6.05. The number of carbonyl (C=O) groups excluding carboxylic acids is 2. The van der Waals surface area contributed by atoms with Crippen LogP contribution in [0.2, 0.25) is 0 Å². The molecular weight excluding hydrogens is 371 g/mol. The topological polar surface area (TPSA) is 70.2 Å². The molecular formula is C20H22F3N3O2. The van der Waals surface area contributed by atoms with E-state index < -0.39 is 17.6 Å². The van der Waals surface area contributed by atoms with Gasteiger partial charge in [0.2, 0.25) is 5.91 Å². The summed E-state index contributed by atoms with van der Waals surface area (Å²) in [5.74, 6) is -1.04. The molecule has 28 heavy (non-hydrogen) atoms. The minimum atomic E-state index is -4.49. The molecule has 0 saturated heterocycles. The molecule has 1 unspecified atom stereocenters. The van der Waals surface area contributed by atoms with Crippen LogP contribution in [0.5, 0.6) is 0 Å². The SMILES string of the molecule is CNCC(C)C(=O)Nc1cc(C(=O)Nc2cccc(C(F)(F)F)c2)ccc1C. The maximum absolute atomic E-state index is 12.8. The second-order valence-corrected chi connectivity index (χ2v) is 6.51. The standard InChI is InChI=1S/C20H22F3N3O2/c1-12-7-8-14(9-17(12)26-18(27)13(2)11-24-3)19(28)25-16-6-4-5-15(10-16)20(21,22)23/h4-10,13,24H,11H2,1-3H3,(H,25,28)(H,26,27). The van der Waals surface area contributed by atoms with Gasteiger partial charge in [-0.25, -0.2) is 0 Å². The zero-order chi connectivity index (χ0) is 20.9. The van der Waals surface area contributed by atoms with Crippen molar-refractivity contribution in [2.75, 3.05) is 24.2 Å². The maximum atomic E-state index is 12.8. The van der Waals surface area contributed by atoms with Gasteiger partial charge in [0.1, 0.15) is 0 Å². The van der Waals surface area contributed by atoms with Crippen molar-refractivity contribution in [3.8, 4) is 0 Å². The Bertz CT molecular complexity index is 866. The number of halogens is 3. The summed E-state index contributed by atoms with van der Waals surface area (Å²) in [5, 5.41) is 8.14. The summed E-state index contributed by atoms with van der Waals surface area (Å²) in [7, 11) is 1.74. The number of alkyl halides is 3. The van der Waals surface area contributed by atoms with Crippen LogP contribution in [0.25, 0.3) is 0 Å². The van der Waals surface area contributed by atoms with Crippen molar-refractivity contribution in [3.05, 3.63) is 59.2 Å². The number of aryl methyl sites for hydroxylation is 1. The van der Waals surface area contributed by atoms with Gasteiger partial charge in [0.25, 0.3) is 5.91 Å². The van der Waals surface area contributed by atoms with Crippen LogP contribution in [0, 0.1) is 12.8 Å². The minimum absolute atomic E-state index is 0.0358. The van der Waals surface area contributed by atoms with E-state index in [1.807, 2.05) is 0 Å². The lowest BCUT2D eigenvalue weighted by Gasteiger charge is -2.15. The van der Waals surface area contributed by atoms with Crippen molar-refractivity contribution in [2.24, 2.45) is 5.92 Å². The Morgan fingerprint density at radius 2 is 1.79 bits per heavy atom.